The molecule has 9 heteroatoms. The number of benzene rings is 2. The average Bonchev–Trinajstić information content (AvgIpc) is 2.64. The Morgan fingerprint density at radius 2 is 1.86 bits per heavy atom. The first-order chi connectivity index (χ1) is 13.3. The van der Waals surface area contributed by atoms with Crippen LogP contribution < -0.4 is 9.62 Å². The molecule has 5 nitrogen and oxygen atoms in total. The molecule has 0 heterocycles. The highest BCUT2D eigenvalue weighted by Crippen LogP contribution is 2.27. The van der Waals surface area contributed by atoms with Crippen LogP contribution in [0.1, 0.15) is 12.0 Å². The van der Waals surface area contributed by atoms with Crippen molar-refractivity contribution in [3.8, 4) is 0 Å². The molecule has 0 unspecified atom stereocenters. The zero-order valence-corrected chi connectivity index (χ0v) is 18.6. The minimum absolute atomic E-state index is 0.212. The molecule has 2 aromatic carbocycles. The molecule has 2 aromatic rings. The van der Waals surface area contributed by atoms with Gasteiger partial charge in [0.05, 0.1) is 11.9 Å². The smallest absolute Gasteiger partial charge is 0.240 e. The first-order valence-corrected chi connectivity index (χ1v) is 12.4. The molecule has 0 bridgehead atoms. The molecule has 1 N–H and O–H groups in total. The van der Waals surface area contributed by atoms with Crippen LogP contribution in [0.5, 0.6) is 0 Å². The van der Waals surface area contributed by atoms with Crippen molar-refractivity contribution in [1.29, 1.82) is 0 Å². The largest absolute Gasteiger partial charge is 0.354 e. The summed E-state index contributed by atoms with van der Waals surface area (Å²) in [6.45, 7) is 0.139. The molecule has 0 aliphatic carbocycles. The van der Waals surface area contributed by atoms with Crippen LogP contribution >= 0.6 is 27.7 Å². The lowest BCUT2D eigenvalue weighted by Gasteiger charge is -2.23. The molecule has 152 valence electrons. The fourth-order valence-corrected chi connectivity index (χ4v) is 4.85. The molecule has 0 saturated heterocycles. The van der Waals surface area contributed by atoms with Crippen molar-refractivity contribution in [3.63, 3.8) is 0 Å². The fourth-order valence-electron chi connectivity index (χ4n) is 2.42. The van der Waals surface area contributed by atoms with Crippen molar-refractivity contribution in [3.05, 3.63) is 64.4 Å². The summed E-state index contributed by atoms with van der Waals surface area (Å²) in [5.74, 6) is 0.746. The Labute approximate surface area is 177 Å². The fraction of sp³-hybridized carbons (Fsp3) is 0.316. The third-order valence-corrected chi connectivity index (χ3v) is 6.70. The lowest BCUT2D eigenvalue weighted by Crippen LogP contribution is -2.40. The summed E-state index contributed by atoms with van der Waals surface area (Å²) in [6, 6.07) is 13.5. The molecular formula is C19H22BrFN2O3S2. The number of hydrogen-bond acceptors (Lipinski definition) is 4. The Morgan fingerprint density at radius 1 is 1.18 bits per heavy atom. The molecule has 1 amide bonds. The van der Waals surface area contributed by atoms with Gasteiger partial charge in [-0.2, -0.15) is 11.8 Å². The predicted octanol–water partition coefficient (Wildman–Crippen LogP) is 3.79. The molecule has 0 radical (unpaired) electrons. The van der Waals surface area contributed by atoms with Crippen LogP contribution in [-0.4, -0.2) is 39.4 Å². The summed E-state index contributed by atoms with van der Waals surface area (Å²) in [5.41, 5.74) is 1.08. The van der Waals surface area contributed by atoms with E-state index in [-0.39, 0.29) is 18.3 Å². The van der Waals surface area contributed by atoms with E-state index in [4.69, 9.17) is 0 Å². The number of hydrogen-bond donors (Lipinski definition) is 1. The first kappa shape index (κ1) is 22.7. The van der Waals surface area contributed by atoms with Gasteiger partial charge in [0, 0.05) is 16.8 Å². The SMILES string of the molecule is CS(=O)(=O)N(CC(=O)NCCCSCc1ccccc1F)c1ccccc1Br. The van der Waals surface area contributed by atoms with Gasteiger partial charge >= 0.3 is 0 Å². The highest BCUT2D eigenvalue weighted by atomic mass is 79.9. The number of para-hydroxylation sites is 1. The van der Waals surface area contributed by atoms with Crippen LogP contribution in [0.4, 0.5) is 10.1 Å². The zero-order chi connectivity index (χ0) is 20.6. The first-order valence-electron chi connectivity index (χ1n) is 8.59. The number of nitrogens with one attached hydrogen (secondary N) is 1. The van der Waals surface area contributed by atoms with Crippen LogP contribution in [0.15, 0.2) is 53.0 Å². The maximum Gasteiger partial charge on any atom is 0.240 e. The summed E-state index contributed by atoms with van der Waals surface area (Å²) in [5, 5.41) is 2.74. The Kier molecular flexibility index (Phi) is 8.78. The van der Waals surface area contributed by atoms with Gasteiger partial charge in [0.15, 0.2) is 0 Å². The van der Waals surface area contributed by atoms with Crippen molar-refractivity contribution >= 4 is 49.3 Å². The molecule has 28 heavy (non-hydrogen) atoms. The molecule has 0 aromatic heterocycles. The highest BCUT2D eigenvalue weighted by molar-refractivity contribution is 9.10. The Hall–Kier alpha value is -1.58. The number of anilines is 1. The van der Waals surface area contributed by atoms with Gasteiger partial charge in [0.2, 0.25) is 15.9 Å². The lowest BCUT2D eigenvalue weighted by atomic mass is 10.2. The van der Waals surface area contributed by atoms with Gasteiger partial charge in [-0.1, -0.05) is 30.3 Å². The number of nitrogens with zero attached hydrogens (tertiary/aromatic N) is 1. The van der Waals surface area contributed by atoms with Crippen LogP contribution in [0, 0.1) is 5.82 Å². The van der Waals surface area contributed by atoms with Gasteiger partial charge in [-0.25, -0.2) is 12.8 Å². The van der Waals surface area contributed by atoms with E-state index in [0.717, 1.165) is 16.3 Å². The van der Waals surface area contributed by atoms with Crippen molar-refractivity contribution in [2.45, 2.75) is 12.2 Å². The third-order valence-electron chi connectivity index (χ3n) is 3.81. The zero-order valence-electron chi connectivity index (χ0n) is 15.4. The molecule has 0 saturated carbocycles. The van der Waals surface area contributed by atoms with E-state index < -0.39 is 10.0 Å². The maximum atomic E-state index is 13.5. The van der Waals surface area contributed by atoms with Gasteiger partial charge < -0.3 is 5.32 Å². The maximum absolute atomic E-state index is 13.5. The van der Waals surface area contributed by atoms with E-state index >= 15 is 0 Å². The minimum atomic E-state index is -3.61. The molecule has 0 spiro atoms. The Bertz CT molecular complexity index is 910. The topological polar surface area (TPSA) is 66.5 Å². The minimum Gasteiger partial charge on any atom is -0.354 e. The number of carbonyl (C=O) groups excluding carboxylic acids is 1. The Morgan fingerprint density at radius 3 is 2.54 bits per heavy atom. The summed E-state index contributed by atoms with van der Waals surface area (Å²) in [4.78, 5) is 12.2. The van der Waals surface area contributed by atoms with E-state index in [9.17, 15) is 17.6 Å². The molecule has 0 fully saturated rings. The van der Waals surface area contributed by atoms with Gasteiger partial charge in [-0.15, -0.1) is 0 Å². The van der Waals surface area contributed by atoms with E-state index in [1.807, 2.05) is 0 Å². The van der Waals surface area contributed by atoms with E-state index in [1.165, 1.54) is 6.07 Å². The number of halogens is 2. The van der Waals surface area contributed by atoms with Gasteiger partial charge in [-0.05, 0) is 51.9 Å². The van der Waals surface area contributed by atoms with Crippen molar-refractivity contribution in [2.75, 3.05) is 29.4 Å². The second kappa shape index (κ2) is 10.8. The summed E-state index contributed by atoms with van der Waals surface area (Å²) < 4.78 is 39.4. The van der Waals surface area contributed by atoms with Crippen LogP contribution in [0.2, 0.25) is 0 Å². The standard InChI is InChI=1S/C19H22BrFN2O3S2/c1-28(25,26)23(18-10-5-3-8-16(18)20)13-19(24)22-11-6-12-27-14-15-7-2-4-9-17(15)21/h2-5,7-10H,6,11-14H2,1H3,(H,22,24). The average molecular weight is 489 g/mol. The predicted molar refractivity (Wildman–Crippen MR) is 117 cm³/mol. The van der Waals surface area contributed by atoms with Crippen molar-refractivity contribution < 1.29 is 17.6 Å². The number of thioether (sulfide) groups is 1. The molecule has 0 aliphatic rings. The molecule has 0 atom stereocenters. The number of amides is 1. The lowest BCUT2D eigenvalue weighted by molar-refractivity contribution is -0.119. The molecule has 2 rings (SSSR count). The molecular weight excluding hydrogens is 467 g/mol. The van der Waals surface area contributed by atoms with E-state index in [0.29, 0.717) is 34.4 Å². The van der Waals surface area contributed by atoms with Gasteiger partial charge in [0.25, 0.3) is 0 Å². The second-order valence-corrected chi connectivity index (χ2v) is 9.93. The monoisotopic (exact) mass is 488 g/mol. The second-order valence-electron chi connectivity index (χ2n) is 6.07. The number of sulfonamides is 1. The van der Waals surface area contributed by atoms with E-state index in [2.05, 4.69) is 21.2 Å². The van der Waals surface area contributed by atoms with E-state index in [1.54, 1.807) is 54.2 Å². The Balaban J connectivity index is 1.77. The summed E-state index contributed by atoms with van der Waals surface area (Å²) in [7, 11) is -3.61. The number of rotatable bonds is 10. The summed E-state index contributed by atoms with van der Waals surface area (Å²) >= 11 is 4.90. The quantitative estimate of drug-likeness (QED) is 0.516. The highest BCUT2D eigenvalue weighted by Gasteiger charge is 2.22. The van der Waals surface area contributed by atoms with Crippen molar-refractivity contribution in [1.82, 2.24) is 5.32 Å². The van der Waals surface area contributed by atoms with Gasteiger partial charge in [-0.3, -0.25) is 9.10 Å². The van der Waals surface area contributed by atoms with Crippen LogP contribution in [0.25, 0.3) is 0 Å². The molecule has 0 aliphatic heterocycles. The summed E-state index contributed by atoms with van der Waals surface area (Å²) in [6.07, 6.45) is 1.78. The normalized spacial score (nSPS) is 11.2. The van der Waals surface area contributed by atoms with Crippen LogP contribution in [0.3, 0.4) is 0 Å². The van der Waals surface area contributed by atoms with Crippen LogP contribution in [-0.2, 0) is 20.6 Å². The van der Waals surface area contributed by atoms with Gasteiger partial charge in [0.1, 0.15) is 12.4 Å². The number of carbonyl (C=O) groups is 1. The third kappa shape index (κ3) is 7.10. The van der Waals surface area contributed by atoms with Crippen molar-refractivity contribution in [2.24, 2.45) is 0 Å².